The summed E-state index contributed by atoms with van der Waals surface area (Å²) in [6.45, 7) is -1.19. The van der Waals surface area contributed by atoms with Crippen molar-refractivity contribution in [2.75, 3.05) is 6.54 Å². The van der Waals surface area contributed by atoms with E-state index in [2.05, 4.69) is 5.32 Å². The number of hydrogen-bond acceptors (Lipinski definition) is 3. The number of rotatable bonds is 2. The van der Waals surface area contributed by atoms with Crippen molar-refractivity contribution in [2.24, 2.45) is 0 Å². The third-order valence-corrected chi connectivity index (χ3v) is 4.23. The molecule has 1 spiro atoms. The Labute approximate surface area is 106 Å². The standard InChI is InChI=1S/C11H11F3N2OS/c12-11(13,14)6-16-8(7-2-1-5-18-7)15-10(3-4-10)9(16)17/h1-2,5,8,15H,3-4,6H2. The minimum atomic E-state index is -4.37. The molecule has 18 heavy (non-hydrogen) atoms. The number of carbonyl (C=O) groups excluding carboxylic acids is 1. The van der Waals surface area contributed by atoms with Crippen molar-refractivity contribution in [3.63, 3.8) is 0 Å². The van der Waals surface area contributed by atoms with Gasteiger partial charge in [0.2, 0.25) is 5.91 Å². The normalized spacial score (nSPS) is 26.1. The molecular weight excluding hydrogens is 265 g/mol. The Morgan fingerprint density at radius 2 is 2.22 bits per heavy atom. The number of nitrogens with zero attached hydrogens (tertiary/aromatic N) is 1. The first-order valence-electron chi connectivity index (χ1n) is 5.60. The minimum Gasteiger partial charge on any atom is -0.311 e. The average Bonchev–Trinajstić information content (AvgIpc) is 2.75. The van der Waals surface area contributed by atoms with Crippen molar-refractivity contribution in [3.05, 3.63) is 22.4 Å². The molecule has 2 fully saturated rings. The van der Waals surface area contributed by atoms with Gasteiger partial charge in [0, 0.05) is 4.88 Å². The number of nitrogens with one attached hydrogen (secondary N) is 1. The van der Waals surface area contributed by atoms with Crippen LogP contribution >= 0.6 is 11.3 Å². The third kappa shape index (κ3) is 1.91. The van der Waals surface area contributed by atoms with Crippen molar-refractivity contribution in [1.82, 2.24) is 10.2 Å². The van der Waals surface area contributed by atoms with Gasteiger partial charge in [0.1, 0.15) is 18.2 Å². The van der Waals surface area contributed by atoms with Gasteiger partial charge in [-0.3, -0.25) is 10.1 Å². The average molecular weight is 276 g/mol. The van der Waals surface area contributed by atoms with Gasteiger partial charge in [-0.2, -0.15) is 13.2 Å². The van der Waals surface area contributed by atoms with E-state index in [1.54, 1.807) is 17.5 Å². The summed E-state index contributed by atoms with van der Waals surface area (Å²) in [5.41, 5.74) is -0.722. The Kier molecular flexibility index (Phi) is 2.47. The molecule has 1 saturated carbocycles. The molecule has 7 heteroatoms. The first-order chi connectivity index (χ1) is 8.41. The lowest BCUT2D eigenvalue weighted by Gasteiger charge is -2.24. The van der Waals surface area contributed by atoms with E-state index in [1.807, 2.05) is 0 Å². The predicted molar refractivity (Wildman–Crippen MR) is 59.9 cm³/mol. The fourth-order valence-corrected chi connectivity index (χ4v) is 3.09. The molecule has 0 aromatic carbocycles. The first-order valence-corrected chi connectivity index (χ1v) is 6.48. The molecule has 2 heterocycles. The molecule has 1 aliphatic heterocycles. The minimum absolute atomic E-state index is 0.418. The van der Waals surface area contributed by atoms with Crippen molar-refractivity contribution in [1.29, 1.82) is 0 Å². The molecule has 1 N–H and O–H groups in total. The quantitative estimate of drug-likeness (QED) is 0.898. The number of halogens is 3. The van der Waals surface area contributed by atoms with Crippen molar-refractivity contribution in [2.45, 2.75) is 30.7 Å². The lowest BCUT2D eigenvalue weighted by molar-refractivity contribution is -0.161. The molecule has 1 amide bonds. The zero-order chi connectivity index (χ0) is 13.0. The number of carbonyl (C=O) groups is 1. The van der Waals surface area contributed by atoms with Gasteiger partial charge in [0.15, 0.2) is 0 Å². The lowest BCUT2D eigenvalue weighted by atomic mass is 10.3. The largest absolute Gasteiger partial charge is 0.406 e. The Balaban J connectivity index is 1.89. The Hall–Kier alpha value is -1.08. The van der Waals surface area contributed by atoms with Crippen LogP contribution in [0.4, 0.5) is 13.2 Å². The second kappa shape index (κ2) is 3.71. The van der Waals surface area contributed by atoms with Crippen LogP contribution in [-0.2, 0) is 4.79 Å². The van der Waals surface area contributed by atoms with Crippen LogP contribution in [0.15, 0.2) is 17.5 Å². The Bertz CT molecular complexity index is 467. The fraction of sp³-hybridized carbons (Fsp3) is 0.545. The molecule has 0 bridgehead atoms. The number of hydrogen-bond donors (Lipinski definition) is 1. The molecule has 1 saturated heterocycles. The van der Waals surface area contributed by atoms with Crippen LogP contribution in [0, 0.1) is 0 Å². The van der Waals surface area contributed by atoms with Gasteiger partial charge in [-0.05, 0) is 24.3 Å². The van der Waals surface area contributed by atoms with E-state index in [4.69, 9.17) is 0 Å². The smallest absolute Gasteiger partial charge is 0.311 e. The van der Waals surface area contributed by atoms with Crippen LogP contribution in [0.2, 0.25) is 0 Å². The van der Waals surface area contributed by atoms with E-state index in [-0.39, 0.29) is 0 Å². The molecule has 98 valence electrons. The molecule has 3 nitrogen and oxygen atoms in total. The van der Waals surface area contributed by atoms with Gasteiger partial charge in [-0.1, -0.05) is 6.07 Å². The summed E-state index contributed by atoms with van der Waals surface area (Å²) < 4.78 is 37.6. The highest BCUT2D eigenvalue weighted by molar-refractivity contribution is 7.10. The molecular formula is C11H11F3N2OS. The lowest BCUT2D eigenvalue weighted by Crippen LogP contribution is -2.39. The van der Waals surface area contributed by atoms with Gasteiger partial charge >= 0.3 is 6.18 Å². The van der Waals surface area contributed by atoms with E-state index in [0.29, 0.717) is 12.8 Å². The first kappa shape index (κ1) is 12.0. The van der Waals surface area contributed by atoms with E-state index in [9.17, 15) is 18.0 Å². The van der Waals surface area contributed by atoms with E-state index >= 15 is 0 Å². The van der Waals surface area contributed by atoms with Gasteiger partial charge in [-0.25, -0.2) is 0 Å². The van der Waals surface area contributed by atoms with Crippen LogP contribution in [0.25, 0.3) is 0 Å². The van der Waals surface area contributed by atoms with Crippen LogP contribution in [-0.4, -0.2) is 29.1 Å². The number of thiophene rings is 1. The molecule has 1 aromatic rings. The molecule has 1 atom stereocenters. The summed E-state index contributed by atoms with van der Waals surface area (Å²) >= 11 is 1.36. The predicted octanol–water partition coefficient (Wildman–Crippen LogP) is 2.27. The summed E-state index contributed by atoms with van der Waals surface area (Å²) in [5, 5.41) is 4.85. The fourth-order valence-electron chi connectivity index (χ4n) is 2.30. The highest BCUT2D eigenvalue weighted by atomic mass is 32.1. The van der Waals surface area contributed by atoms with Crippen molar-refractivity contribution >= 4 is 17.2 Å². The summed E-state index contributed by atoms with van der Waals surface area (Å²) in [6, 6.07) is 3.52. The zero-order valence-electron chi connectivity index (χ0n) is 9.33. The highest BCUT2D eigenvalue weighted by Gasteiger charge is 2.60. The monoisotopic (exact) mass is 276 g/mol. The van der Waals surface area contributed by atoms with E-state index in [1.165, 1.54) is 11.3 Å². The number of alkyl halides is 3. The van der Waals surface area contributed by atoms with E-state index < -0.39 is 30.3 Å². The SMILES string of the molecule is O=C1N(CC(F)(F)F)C(c2cccs2)NC12CC2. The maximum absolute atomic E-state index is 12.5. The summed E-state index contributed by atoms with van der Waals surface area (Å²) in [7, 11) is 0. The van der Waals surface area contributed by atoms with Crippen molar-refractivity contribution in [3.8, 4) is 0 Å². The van der Waals surface area contributed by atoms with Gasteiger partial charge in [0.05, 0.1) is 0 Å². The molecule has 1 aromatic heterocycles. The van der Waals surface area contributed by atoms with Crippen molar-refractivity contribution < 1.29 is 18.0 Å². The Morgan fingerprint density at radius 1 is 1.50 bits per heavy atom. The van der Waals surface area contributed by atoms with Crippen LogP contribution in [0.3, 0.4) is 0 Å². The third-order valence-electron chi connectivity index (χ3n) is 3.31. The van der Waals surface area contributed by atoms with Crippen LogP contribution < -0.4 is 5.32 Å². The molecule has 2 aliphatic rings. The second-order valence-corrected chi connectivity index (χ2v) is 5.67. The number of amides is 1. The van der Waals surface area contributed by atoms with Crippen LogP contribution in [0.5, 0.6) is 0 Å². The van der Waals surface area contributed by atoms with Crippen LogP contribution in [0.1, 0.15) is 23.9 Å². The molecule has 3 rings (SSSR count). The highest BCUT2D eigenvalue weighted by Crippen LogP contribution is 2.47. The summed E-state index contributed by atoms with van der Waals surface area (Å²) in [6.07, 6.45) is -3.75. The topological polar surface area (TPSA) is 32.3 Å². The summed E-state index contributed by atoms with van der Waals surface area (Å²) in [4.78, 5) is 13.7. The van der Waals surface area contributed by atoms with E-state index in [0.717, 1.165) is 9.78 Å². The van der Waals surface area contributed by atoms with Gasteiger partial charge < -0.3 is 4.90 Å². The molecule has 1 aliphatic carbocycles. The maximum atomic E-state index is 12.5. The van der Waals surface area contributed by atoms with Gasteiger partial charge in [-0.15, -0.1) is 11.3 Å². The molecule has 1 unspecified atom stereocenters. The summed E-state index contributed by atoms with van der Waals surface area (Å²) in [5.74, 6) is -0.418. The molecule has 0 radical (unpaired) electrons. The zero-order valence-corrected chi connectivity index (χ0v) is 10.1. The second-order valence-electron chi connectivity index (χ2n) is 4.69. The maximum Gasteiger partial charge on any atom is 0.406 e. The van der Waals surface area contributed by atoms with Gasteiger partial charge in [0.25, 0.3) is 0 Å². The Morgan fingerprint density at radius 3 is 2.72 bits per heavy atom.